The number of hydrogen-bond donors (Lipinski definition) is 1. The van der Waals surface area contributed by atoms with Crippen LogP contribution in [-0.2, 0) is 24.4 Å². The fourth-order valence-electron chi connectivity index (χ4n) is 4.20. The molecule has 6 nitrogen and oxygen atoms in total. The molecule has 0 radical (unpaired) electrons. The van der Waals surface area contributed by atoms with Gasteiger partial charge in [0, 0.05) is 18.7 Å². The van der Waals surface area contributed by atoms with Crippen molar-refractivity contribution in [2.24, 2.45) is 0 Å². The lowest BCUT2D eigenvalue weighted by Crippen LogP contribution is -2.28. The van der Waals surface area contributed by atoms with Crippen molar-refractivity contribution in [2.75, 3.05) is 5.32 Å². The van der Waals surface area contributed by atoms with Gasteiger partial charge in [-0.1, -0.05) is 98.0 Å². The van der Waals surface area contributed by atoms with E-state index in [9.17, 15) is 14.9 Å². The molecule has 0 saturated carbocycles. The van der Waals surface area contributed by atoms with Gasteiger partial charge in [0.1, 0.15) is 21.8 Å². The fraction of sp³-hybridized carbons (Fsp3) is 0.241. The first-order valence-corrected chi connectivity index (χ1v) is 13.4. The minimum atomic E-state index is -0.321. The van der Waals surface area contributed by atoms with E-state index in [1.165, 1.54) is 11.8 Å². The van der Waals surface area contributed by atoms with Gasteiger partial charge in [-0.25, -0.2) is 0 Å². The zero-order valence-electron chi connectivity index (χ0n) is 20.9. The number of anilines is 1. The van der Waals surface area contributed by atoms with Gasteiger partial charge in [-0.3, -0.25) is 19.1 Å². The third kappa shape index (κ3) is 5.85. The maximum absolute atomic E-state index is 13.4. The molecule has 1 saturated heterocycles. The molecule has 0 atom stereocenters. The quantitative estimate of drug-likeness (QED) is 0.278. The van der Waals surface area contributed by atoms with Crippen LogP contribution in [0, 0.1) is 18.3 Å². The van der Waals surface area contributed by atoms with E-state index >= 15 is 0 Å². The molecule has 1 fully saturated rings. The number of carbonyl (C=O) groups is 1. The molecular formula is C29H28N4O2S2. The van der Waals surface area contributed by atoms with Gasteiger partial charge in [-0.05, 0) is 36.1 Å². The zero-order valence-corrected chi connectivity index (χ0v) is 22.5. The number of nitriles is 1. The van der Waals surface area contributed by atoms with E-state index in [2.05, 4.69) is 18.3 Å². The molecule has 0 bridgehead atoms. The summed E-state index contributed by atoms with van der Waals surface area (Å²) in [6.07, 6.45) is 3.45. The van der Waals surface area contributed by atoms with Crippen LogP contribution in [0.5, 0.6) is 0 Å². The van der Waals surface area contributed by atoms with Crippen LogP contribution >= 0.6 is 24.0 Å². The molecule has 0 unspecified atom stereocenters. The maximum atomic E-state index is 13.4. The third-order valence-electron chi connectivity index (χ3n) is 6.25. The zero-order chi connectivity index (χ0) is 26.4. The number of thiocarbonyl (C=S) groups is 1. The molecule has 1 aromatic heterocycles. The Balaban J connectivity index is 1.78. The van der Waals surface area contributed by atoms with E-state index < -0.39 is 0 Å². The molecule has 1 aliphatic rings. The number of rotatable bonds is 9. The van der Waals surface area contributed by atoms with Gasteiger partial charge < -0.3 is 5.32 Å². The summed E-state index contributed by atoms with van der Waals surface area (Å²) < 4.78 is 2.12. The van der Waals surface area contributed by atoms with E-state index in [0.29, 0.717) is 45.8 Å². The molecule has 2 aromatic carbocycles. The molecular weight excluding hydrogens is 500 g/mol. The lowest BCUT2D eigenvalue weighted by Gasteiger charge is -2.20. The number of aromatic nitrogens is 1. The molecule has 1 N–H and O–H groups in total. The smallest absolute Gasteiger partial charge is 0.270 e. The Morgan fingerprint density at radius 3 is 2.32 bits per heavy atom. The summed E-state index contributed by atoms with van der Waals surface area (Å²) in [4.78, 5) is 28.8. The van der Waals surface area contributed by atoms with Crippen LogP contribution in [0.3, 0.4) is 0 Å². The second kappa shape index (κ2) is 12.0. The summed E-state index contributed by atoms with van der Waals surface area (Å²) in [6, 6.07) is 21.7. The number of benzene rings is 2. The second-order valence-electron chi connectivity index (χ2n) is 8.78. The van der Waals surface area contributed by atoms with E-state index in [4.69, 9.17) is 12.2 Å². The molecule has 2 heterocycles. The fourth-order valence-corrected chi connectivity index (χ4v) is 5.43. The van der Waals surface area contributed by atoms with E-state index in [1.807, 2.05) is 60.7 Å². The normalized spacial score (nSPS) is 14.3. The first-order chi connectivity index (χ1) is 17.9. The van der Waals surface area contributed by atoms with Crippen molar-refractivity contribution in [3.8, 4) is 6.07 Å². The SMILES string of the molecule is CCCCn1c(NCc2ccccc2)c(/C=C2/SC(=S)N(Cc3ccccc3)C2=O)c(C)c(C#N)c1=O. The number of pyridine rings is 1. The highest BCUT2D eigenvalue weighted by Crippen LogP contribution is 2.36. The Hall–Kier alpha value is -3.67. The Kier molecular flexibility index (Phi) is 8.59. The second-order valence-corrected chi connectivity index (χ2v) is 10.5. The minimum Gasteiger partial charge on any atom is -0.367 e. The van der Waals surface area contributed by atoms with Gasteiger partial charge in [0.05, 0.1) is 11.4 Å². The average Bonchev–Trinajstić information content (AvgIpc) is 3.17. The summed E-state index contributed by atoms with van der Waals surface area (Å²) in [6.45, 7) is 5.17. The first kappa shape index (κ1) is 26.4. The summed E-state index contributed by atoms with van der Waals surface area (Å²) in [5.74, 6) is 0.421. The molecule has 0 aliphatic carbocycles. The number of thioether (sulfide) groups is 1. The number of carbonyl (C=O) groups excluding carboxylic acids is 1. The predicted molar refractivity (Wildman–Crippen MR) is 154 cm³/mol. The van der Waals surface area contributed by atoms with Gasteiger partial charge in [0.25, 0.3) is 11.5 Å². The van der Waals surface area contributed by atoms with Crippen LogP contribution in [0.15, 0.2) is 70.4 Å². The largest absolute Gasteiger partial charge is 0.367 e. The summed E-state index contributed by atoms with van der Waals surface area (Å²) in [5, 5.41) is 13.3. The highest BCUT2D eigenvalue weighted by molar-refractivity contribution is 8.26. The number of hydrogen-bond acceptors (Lipinski definition) is 6. The van der Waals surface area contributed by atoms with Gasteiger partial charge in [0.2, 0.25) is 0 Å². The Bertz CT molecular complexity index is 1440. The van der Waals surface area contributed by atoms with Crippen LogP contribution in [0.1, 0.15) is 47.6 Å². The van der Waals surface area contributed by atoms with Gasteiger partial charge >= 0.3 is 0 Å². The Labute approximate surface area is 226 Å². The van der Waals surface area contributed by atoms with Crippen LogP contribution in [0.25, 0.3) is 6.08 Å². The van der Waals surface area contributed by atoms with Crippen molar-refractivity contribution in [1.82, 2.24) is 9.47 Å². The highest BCUT2D eigenvalue weighted by Gasteiger charge is 2.33. The average molecular weight is 529 g/mol. The summed E-state index contributed by atoms with van der Waals surface area (Å²) >= 11 is 6.79. The molecule has 1 amide bonds. The summed E-state index contributed by atoms with van der Waals surface area (Å²) in [7, 11) is 0. The molecule has 0 spiro atoms. The Morgan fingerprint density at radius 1 is 1.05 bits per heavy atom. The van der Waals surface area contributed by atoms with Crippen molar-refractivity contribution >= 4 is 46.1 Å². The summed E-state index contributed by atoms with van der Waals surface area (Å²) in [5.41, 5.74) is 3.01. The van der Waals surface area contributed by atoms with Crippen LogP contribution in [0.2, 0.25) is 0 Å². The number of nitrogens with zero attached hydrogens (tertiary/aromatic N) is 3. The van der Waals surface area contributed by atoms with E-state index in [0.717, 1.165) is 24.0 Å². The molecule has 8 heteroatoms. The minimum absolute atomic E-state index is 0.0902. The molecule has 3 aromatic rings. The number of amides is 1. The van der Waals surface area contributed by atoms with E-state index in [-0.39, 0.29) is 17.0 Å². The van der Waals surface area contributed by atoms with Crippen LogP contribution in [-0.4, -0.2) is 19.7 Å². The molecule has 37 heavy (non-hydrogen) atoms. The van der Waals surface area contributed by atoms with Crippen molar-refractivity contribution < 1.29 is 4.79 Å². The maximum Gasteiger partial charge on any atom is 0.270 e. The van der Waals surface area contributed by atoms with Crippen molar-refractivity contribution in [3.05, 3.63) is 104 Å². The third-order valence-corrected chi connectivity index (χ3v) is 7.62. The monoisotopic (exact) mass is 528 g/mol. The standard InChI is InChI=1S/C29H28N4O2S2/c1-3-4-15-32-26(31-18-21-11-7-5-8-12-21)23(20(2)24(17-30)27(32)34)16-25-28(35)33(29(36)37-25)19-22-13-9-6-10-14-22/h5-14,16,31H,3-4,15,18-19H2,1-2H3/b25-16+. The van der Waals surface area contributed by atoms with Crippen molar-refractivity contribution in [1.29, 1.82) is 5.26 Å². The van der Waals surface area contributed by atoms with Gasteiger partial charge in [-0.2, -0.15) is 5.26 Å². The lowest BCUT2D eigenvalue weighted by molar-refractivity contribution is -0.122. The molecule has 4 rings (SSSR count). The lowest BCUT2D eigenvalue weighted by atomic mass is 10.0. The number of nitrogens with one attached hydrogen (secondary N) is 1. The van der Waals surface area contributed by atoms with Crippen molar-refractivity contribution in [2.45, 2.75) is 46.3 Å². The first-order valence-electron chi connectivity index (χ1n) is 12.2. The molecule has 188 valence electrons. The Morgan fingerprint density at radius 2 is 1.70 bits per heavy atom. The van der Waals surface area contributed by atoms with Gasteiger partial charge in [0.15, 0.2) is 0 Å². The number of unbranched alkanes of at least 4 members (excludes halogenated alkanes) is 1. The van der Waals surface area contributed by atoms with Crippen LogP contribution < -0.4 is 10.9 Å². The highest BCUT2D eigenvalue weighted by atomic mass is 32.2. The van der Waals surface area contributed by atoms with Crippen molar-refractivity contribution in [3.63, 3.8) is 0 Å². The van der Waals surface area contributed by atoms with Gasteiger partial charge in [-0.15, -0.1) is 0 Å². The van der Waals surface area contributed by atoms with E-state index in [1.54, 1.807) is 22.5 Å². The molecule has 1 aliphatic heterocycles. The topological polar surface area (TPSA) is 78.1 Å². The predicted octanol–water partition coefficient (Wildman–Crippen LogP) is 5.84. The van der Waals surface area contributed by atoms with Crippen LogP contribution in [0.4, 0.5) is 5.82 Å².